The first-order chi connectivity index (χ1) is 20.2. The molecule has 1 heterocycles. The molecule has 0 radical (unpaired) electrons. The summed E-state index contributed by atoms with van der Waals surface area (Å²) in [7, 11) is 0. The fourth-order valence-corrected chi connectivity index (χ4v) is 4.91. The van der Waals surface area contributed by atoms with Crippen molar-refractivity contribution in [3.05, 3.63) is 89.2 Å². The van der Waals surface area contributed by atoms with Gasteiger partial charge in [0.15, 0.2) is 0 Å². The number of esters is 1. The van der Waals surface area contributed by atoms with E-state index in [-0.39, 0.29) is 12.4 Å². The van der Waals surface area contributed by atoms with Crippen LogP contribution >= 0.6 is 0 Å². The Morgan fingerprint density at radius 1 is 0.952 bits per heavy atom. The summed E-state index contributed by atoms with van der Waals surface area (Å²) in [6.07, 6.45) is 5.03. The zero-order valence-electron chi connectivity index (χ0n) is 24.8. The van der Waals surface area contributed by atoms with Crippen LogP contribution < -0.4 is 10.1 Å². The monoisotopic (exact) mass is 569 g/mol. The number of carbonyl (C=O) groups excluding carboxylic acids is 2. The lowest BCUT2D eigenvalue weighted by atomic mass is 10.0. The molecule has 1 saturated carbocycles. The molecule has 1 aliphatic carbocycles. The Morgan fingerprint density at radius 2 is 1.76 bits per heavy atom. The van der Waals surface area contributed by atoms with Gasteiger partial charge < -0.3 is 23.9 Å². The number of carbonyl (C=O) groups is 2. The molecule has 4 aromatic rings. The third-order valence-corrected chi connectivity index (χ3v) is 7.13. The van der Waals surface area contributed by atoms with Crippen molar-refractivity contribution in [2.24, 2.45) is 5.92 Å². The van der Waals surface area contributed by atoms with E-state index in [9.17, 15) is 9.59 Å². The molecule has 7 heteroatoms. The summed E-state index contributed by atoms with van der Waals surface area (Å²) < 4.78 is 22.7. The maximum atomic E-state index is 12.3. The second-order valence-corrected chi connectivity index (χ2v) is 11.9. The summed E-state index contributed by atoms with van der Waals surface area (Å²) in [5, 5.41) is 3.78. The van der Waals surface area contributed by atoms with Gasteiger partial charge in [0.2, 0.25) is 0 Å². The lowest BCUT2D eigenvalue weighted by Gasteiger charge is -2.19. The molecular weight excluding hydrogens is 530 g/mol. The summed E-state index contributed by atoms with van der Waals surface area (Å²) in [6, 6.07) is 20.3. The molecule has 3 aromatic carbocycles. The number of nitrogens with one attached hydrogen (secondary N) is 1. The van der Waals surface area contributed by atoms with Crippen molar-refractivity contribution in [1.82, 2.24) is 5.32 Å². The molecular formula is C35H39NO6. The fourth-order valence-electron chi connectivity index (χ4n) is 4.91. The fraction of sp³-hybridized carbons (Fsp3) is 0.371. The van der Waals surface area contributed by atoms with E-state index in [1.807, 2.05) is 64.1 Å². The zero-order chi connectivity index (χ0) is 29.7. The molecule has 1 aliphatic rings. The molecule has 1 N–H and O–H groups in total. The summed E-state index contributed by atoms with van der Waals surface area (Å²) in [6.45, 7) is 8.35. The van der Waals surface area contributed by atoms with Gasteiger partial charge in [0, 0.05) is 23.1 Å². The number of furan rings is 1. The van der Waals surface area contributed by atoms with Gasteiger partial charge in [-0.3, -0.25) is 4.79 Å². The van der Waals surface area contributed by atoms with Crippen LogP contribution in [-0.4, -0.2) is 24.3 Å². The molecule has 5 rings (SSSR count). The molecule has 0 bridgehead atoms. The predicted molar refractivity (Wildman–Crippen MR) is 162 cm³/mol. The molecule has 0 unspecified atom stereocenters. The van der Waals surface area contributed by atoms with Crippen LogP contribution in [0.3, 0.4) is 0 Å². The van der Waals surface area contributed by atoms with Gasteiger partial charge in [0.25, 0.3) is 0 Å². The highest BCUT2D eigenvalue weighted by Gasteiger charge is 2.22. The first kappa shape index (κ1) is 29.2. The average Bonchev–Trinajstić information content (AvgIpc) is 3.67. The van der Waals surface area contributed by atoms with Gasteiger partial charge in [0.05, 0.1) is 19.3 Å². The van der Waals surface area contributed by atoms with Gasteiger partial charge >= 0.3 is 12.1 Å². The van der Waals surface area contributed by atoms with E-state index < -0.39 is 11.7 Å². The van der Waals surface area contributed by atoms with Gasteiger partial charge in [-0.15, -0.1) is 0 Å². The van der Waals surface area contributed by atoms with Crippen LogP contribution in [0.25, 0.3) is 22.1 Å². The van der Waals surface area contributed by atoms with Crippen molar-refractivity contribution < 1.29 is 28.2 Å². The van der Waals surface area contributed by atoms with Gasteiger partial charge in [-0.1, -0.05) is 36.4 Å². The molecule has 7 nitrogen and oxygen atoms in total. The number of hydrogen-bond acceptors (Lipinski definition) is 6. The van der Waals surface area contributed by atoms with Crippen molar-refractivity contribution in [1.29, 1.82) is 0 Å². The number of ether oxygens (including phenoxy) is 3. The zero-order valence-corrected chi connectivity index (χ0v) is 24.8. The highest BCUT2D eigenvalue weighted by atomic mass is 16.6. The van der Waals surface area contributed by atoms with E-state index in [1.54, 1.807) is 6.26 Å². The Bertz CT molecular complexity index is 1560. The summed E-state index contributed by atoms with van der Waals surface area (Å²) >= 11 is 0. The molecule has 0 atom stereocenters. The van der Waals surface area contributed by atoms with Crippen LogP contribution in [0.15, 0.2) is 71.3 Å². The van der Waals surface area contributed by atoms with Crippen LogP contribution in [0.5, 0.6) is 5.75 Å². The van der Waals surface area contributed by atoms with Crippen LogP contribution in [0.4, 0.5) is 4.79 Å². The minimum Gasteiger partial charge on any atom is -0.488 e. The van der Waals surface area contributed by atoms with E-state index in [0.29, 0.717) is 25.5 Å². The van der Waals surface area contributed by atoms with Gasteiger partial charge in [-0.25, -0.2) is 4.79 Å². The van der Waals surface area contributed by atoms with Gasteiger partial charge in [-0.2, -0.15) is 0 Å². The van der Waals surface area contributed by atoms with Crippen molar-refractivity contribution in [3.63, 3.8) is 0 Å². The highest BCUT2D eigenvalue weighted by Crippen LogP contribution is 2.35. The number of hydrogen-bond donors (Lipinski definition) is 1. The normalized spacial score (nSPS) is 13.1. The van der Waals surface area contributed by atoms with E-state index in [1.165, 1.54) is 18.4 Å². The number of rotatable bonds is 11. The summed E-state index contributed by atoms with van der Waals surface area (Å²) in [4.78, 5) is 24.3. The number of benzene rings is 3. The summed E-state index contributed by atoms with van der Waals surface area (Å²) in [5.41, 5.74) is 6.21. The molecule has 1 fully saturated rings. The second kappa shape index (κ2) is 12.7. The Labute approximate surface area is 247 Å². The molecule has 1 amide bonds. The van der Waals surface area contributed by atoms with E-state index >= 15 is 0 Å². The Morgan fingerprint density at radius 3 is 2.52 bits per heavy atom. The molecule has 0 aliphatic heterocycles. The smallest absolute Gasteiger partial charge is 0.407 e. The highest BCUT2D eigenvalue weighted by molar-refractivity contribution is 5.86. The maximum Gasteiger partial charge on any atom is 0.407 e. The second-order valence-electron chi connectivity index (χ2n) is 11.9. The van der Waals surface area contributed by atoms with Crippen molar-refractivity contribution in [3.8, 4) is 16.9 Å². The Kier molecular flexibility index (Phi) is 8.86. The quantitative estimate of drug-likeness (QED) is 0.186. The van der Waals surface area contributed by atoms with Crippen LogP contribution in [0.1, 0.15) is 62.8 Å². The van der Waals surface area contributed by atoms with Crippen LogP contribution in [0, 0.1) is 5.92 Å². The maximum absolute atomic E-state index is 12.3. The SMILES string of the molecule is CCOC(=O)Cc1ccc(CC2CC2)cc1OCc1coc2ccc(-c3cccc(CNC(=O)OC(C)(C)C)c3)cc12. The molecule has 0 spiro atoms. The Hall–Kier alpha value is -4.26. The first-order valence-corrected chi connectivity index (χ1v) is 14.6. The van der Waals surface area contributed by atoms with Gasteiger partial charge in [0.1, 0.15) is 23.5 Å². The number of amides is 1. The van der Waals surface area contributed by atoms with Crippen LogP contribution in [-0.2, 0) is 40.3 Å². The van der Waals surface area contributed by atoms with Crippen molar-refractivity contribution in [2.45, 2.75) is 72.1 Å². The molecule has 220 valence electrons. The number of fused-ring (bicyclic) bond motifs is 1. The third-order valence-electron chi connectivity index (χ3n) is 7.13. The van der Waals surface area contributed by atoms with Crippen molar-refractivity contribution >= 4 is 23.0 Å². The largest absolute Gasteiger partial charge is 0.488 e. The van der Waals surface area contributed by atoms with Gasteiger partial charge in [-0.05, 0) is 99.4 Å². The third kappa shape index (κ3) is 7.93. The van der Waals surface area contributed by atoms with Crippen molar-refractivity contribution in [2.75, 3.05) is 6.61 Å². The first-order valence-electron chi connectivity index (χ1n) is 14.6. The molecule has 1 aromatic heterocycles. The lowest BCUT2D eigenvalue weighted by Crippen LogP contribution is -2.32. The van der Waals surface area contributed by atoms with E-state index in [0.717, 1.165) is 51.1 Å². The van der Waals surface area contributed by atoms with Crippen LogP contribution in [0.2, 0.25) is 0 Å². The minimum atomic E-state index is -0.546. The summed E-state index contributed by atoms with van der Waals surface area (Å²) in [5.74, 6) is 1.19. The standard InChI is InChI=1S/C35H39NO6/c1-5-39-33(37)19-28-12-11-24(15-23-9-10-23)17-32(28)41-22-29-21-40-31-14-13-27(18-30(29)31)26-8-6-7-25(16-26)20-36-34(38)42-35(2,3)4/h6-8,11-14,16-18,21,23H,5,9-10,15,19-20,22H2,1-4H3,(H,36,38). The molecule has 42 heavy (non-hydrogen) atoms. The topological polar surface area (TPSA) is 87.0 Å². The number of alkyl carbamates (subject to hydrolysis) is 1. The average molecular weight is 570 g/mol. The van der Waals surface area contributed by atoms with E-state index in [2.05, 4.69) is 29.6 Å². The minimum absolute atomic E-state index is 0.169. The lowest BCUT2D eigenvalue weighted by molar-refractivity contribution is -0.142. The molecule has 0 saturated heterocycles. The predicted octanol–water partition coefficient (Wildman–Crippen LogP) is 7.76. The Balaban J connectivity index is 1.32. The van der Waals surface area contributed by atoms with E-state index in [4.69, 9.17) is 18.6 Å².